The van der Waals surface area contributed by atoms with Crippen LogP contribution in [0.4, 0.5) is 0 Å². The Morgan fingerprint density at radius 3 is 0.670 bits per heavy atom. The fraction of sp³-hybridized carbons (Fsp3) is 0.349. The summed E-state index contributed by atoms with van der Waals surface area (Å²) in [5.74, 6) is -0.0408. The van der Waals surface area contributed by atoms with E-state index in [2.05, 4.69) is 342 Å². The van der Waals surface area contributed by atoms with Gasteiger partial charge in [0, 0.05) is 0 Å². The predicted molar refractivity (Wildman–Crippen MR) is 396 cm³/mol. The third-order valence-corrected chi connectivity index (χ3v) is 143. The van der Waals surface area contributed by atoms with Gasteiger partial charge in [0.1, 0.15) is 0 Å². The Hall–Kier alpha value is -5.40. The molecule has 0 nitrogen and oxygen atoms in total. The number of benzene rings is 4. The van der Waals surface area contributed by atoms with Crippen molar-refractivity contribution < 1.29 is 14.7 Å². The molecule has 10 aliphatic rings. The van der Waals surface area contributed by atoms with E-state index in [4.69, 9.17) is 0 Å². The van der Waals surface area contributed by atoms with E-state index in [-0.39, 0.29) is 45.3 Å². The molecular formula is C86H96Cl2HfSi2. The van der Waals surface area contributed by atoms with Crippen LogP contribution in [0.25, 0.3) is 0 Å². The molecule has 4 aromatic carbocycles. The van der Waals surface area contributed by atoms with Gasteiger partial charge >= 0.3 is 560 Å². The van der Waals surface area contributed by atoms with E-state index in [1.807, 2.05) is 0 Å². The van der Waals surface area contributed by atoms with Crippen LogP contribution in [-0.4, -0.2) is 17.6 Å². The molecule has 0 N–H and O–H groups in total. The van der Waals surface area contributed by atoms with Crippen molar-refractivity contribution in [1.29, 1.82) is 0 Å². The number of halogens is 2. The van der Waals surface area contributed by atoms with Crippen molar-refractivity contribution in [2.24, 2.45) is 0 Å². The number of rotatable bonds is 4. The maximum absolute atomic E-state index is 11.5. The van der Waals surface area contributed by atoms with E-state index in [1.165, 1.54) is 111 Å². The summed E-state index contributed by atoms with van der Waals surface area (Å²) < 4.78 is -2.73. The second-order valence-corrected chi connectivity index (χ2v) is 87.8. The fourth-order valence-electron chi connectivity index (χ4n) is 22.7. The minimum atomic E-state index is -7.78. The van der Waals surface area contributed by atoms with Crippen LogP contribution in [0, 0.1) is 0 Å². The van der Waals surface area contributed by atoms with Crippen molar-refractivity contribution in [3.05, 3.63) is 330 Å². The van der Waals surface area contributed by atoms with Gasteiger partial charge in [-0.1, -0.05) is 0 Å². The molecule has 2 fully saturated rings. The number of hydrogen-bond acceptors (Lipinski definition) is 0. The Balaban J connectivity index is 1.16. The predicted octanol–water partition coefficient (Wildman–Crippen LogP) is 23.9. The zero-order valence-corrected chi connectivity index (χ0v) is 64.9. The summed E-state index contributed by atoms with van der Waals surface area (Å²) >= 11 is -7.78. The molecule has 2 heterocycles. The van der Waals surface area contributed by atoms with Gasteiger partial charge in [0.2, 0.25) is 0 Å². The summed E-state index contributed by atoms with van der Waals surface area (Å²) in [7, 11) is 17.9. The van der Waals surface area contributed by atoms with Gasteiger partial charge < -0.3 is 0 Å². The summed E-state index contributed by atoms with van der Waals surface area (Å²) in [6.45, 7) is 43.6. The molecule has 0 saturated carbocycles. The molecule has 2 aliphatic heterocycles. The SMILES string of the molecule is CC1=CC2=C(C=CC=CC2c2ccc(C(C)(C)C)cc2)[C]12[SiH](C)[C]1(C(C)=CC3=C1C=CC=CC3c1ccc(C(C)(C)C)cc1)[Hf]21([Cl])([Cl])[C]2(C(C)=CC3=C2C=CC=CC3c2ccc(C(C)(C)C)cc2)[SiH](C)[C]12C(C)=CC1=C2C=CC=CC1c1ccc(C(C)(C)C)cc1. The summed E-state index contributed by atoms with van der Waals surface area (Å²) in [4.78, 5) is 0. The van der Waals surface area contributed by atoms with Gasteiger partial charge in [0.05, 0.1) is 0 Å². The molecular weight excluding hydrogens is 1340 g/mol. The molecule has 91 heavy (non-hydrogen) atoms. The van der Waals surface area contributed by atoms with Crippen LogP contribution in [0.2, 0.25) is 24.3 Å². The van der Waals surface area contributed by atoms with Gasteiger partial charge in [-0.15, -0.1) is 0 Å². The number of fused-ring (bicyclic) bond motifs is 8. The monoisotopic (exact) mass is 1430 g/mol. The third-order valence-electron chi connectivity index (χ3n) is 25.7. The van der Waals surface area contributed by atoms with E-state index in [9.17, 15) is 17.2 Å². The summed E-state index contributed by atoms with van der Waals surface area (Å²) in [6, 6.07) is 38.5. The molecule has 4 aromatic rings. The Bertz CT molecular complexity index is 3830. The first-order valence-corrected chi connectivity index (χ1v) is 54.8. The molecule has 0 bridgehead atoms. The number of hydrogen-bond donors (Lipinski definition) is 0. The van der Waals surface area contributed by atoms with Gasteiger partial charge in [0.15, 0.2) is 0 Å². The van der Waals surface area contributed by atoms with Crippen molar-refractivity contribution in [2.45, 2.75) is 180 Å². The van der Waals surface area contributed by atoms with E-state index in [0.29, 0.717) is 0 Å². The van der Waals surface area contributed by atoms with Crippen molar-refractivity contribution in [3.8, 4) is 0 Å². The molecule has 0 radical (unpaired) electrons. The Morgan fingerprint density at radius 2 is 0.495 bits per heavy atom. The second kappa shape index (κ2) is 20.1. The zero-order chi connectivity index (χ0) is 64.9. The first kappa shape index (κ1) is 63.0. The van der Waals surface area contributed by atoms with Crippen LogP contribution in [0.5, 0.6) is 0 Å². The molecule has 5 heteroatoms. The van der Waals surface area contributed by atoms with Crippen LogP contribution in [0.3, 0.4) is 0 Å². The molecule has 8 atom stereocenters. The van der Waals surface area contributed by atoms with Crippen LogP contribution in [0.1, 0.15) is 179 Å². The Kier molecular flexibility index (Phi) is 13.9. The van der Waals surface area contributed by atoms with Crippen molar-refractivity contribution in [2.75, 3.05) is 0 Å². The van der Waals surface area contributed by atoms with Crippen molar-refractivity contribution in [3.63, 3.8) is 0 Å². The number of allylic oxidation sites excluding steroid dienone is 32. The van der Waals surface area contributed by atoms with Gasteiger partial charge in [-0.3, -0.25) is 0 Å². The zero-order valence-electron chi connectivity index (χ0n) is 57.5. The van der Waals surface area contributed by atoms with Gasteiger partial charge in [-0.2, -0.15) is 0 Å². The molecule has 8 aliphatic carbocycles. The summed E-state index contributed by atoms with van der Waals surface area (Å²) in [5, 5.41) is 0. The molecule has 5 spiro atoms. The van der Waals surface area contributed by atoms with Gasteiger partial charge in [-0.05, 0) is 0 Å². The van der Waals surface area contributed by atoms with E-state index in [0.717, 1.165) is 0 Å². The van der Waals surface area contributed by atoms with E-state index >= 15 is 0 Å². The normalized spacial score (nSPS) is 32.7. The van der Waals surface area contributed by atoms with E-state index < -0.39 is 43.4 Å². The second-order valence-electron chi connectivity index (χ2n) is 33.4. The van der Waals surface area contributed by atoms with E-state index in [1.54, 1.807) is 0 Å². The standard InChI is InChI=1S/2C43H48Si.2ClH.Hf/c2*1-28-26-38-34(30-18-22-32(23-19-30)42(3,4)5)14-10-12-16-36(38)40(28)44(9)41-29(2)27-39-35(15-11-13-17-37(39)41)31-20-24-33(25-21-31)43(6,7)8;;;/h2*10-27,34-35,44H,1-9H3;2*1H;/q;;;;+2/p-2. The van der Waals surface area contributed by atoms with Crippen LogP contribution in [-0.2, 0) is 36.3 Å². The van der Waals surface area contributed by atoms with Crippen LogP contribution in [0.15, 0.2) is 285 Å². The molecule has 14 rings (SSSR count). The average Bonchev–Trinajstić information content (AvgIpc) is 1.53. The molecule has 2 saturated heterocycles. The van der Waals surface area contributed by atoms with Crippen molar-refractivity contribution in [1.82, 2.24) is 0 Å². The van der Waals surface area contributed by atoms with Gasteiger partial charge in [-0.25, -0.2) is 0 Å². The molecule has 0 aromatic heterocycles. The average molecular weight is 1440 g/mol. The topological polar surface area (TPSA) is 0 Å². The maximum atomic E-state index is 11.5. The Labute approximate surface area is 555 Å². The molecule has 466 valence electrons. The first-order chi connectivity index (χ1) is 42.8. The van der Waals surface area contributed by atoms with Crippen molar-refractivity contribution >= 4 is 34.7 Å². The summed E-state index contributed by atoms with van der Waals surface area (Å²) in [5.41, 5.74) is 27.4. The summed E-state index contributed by atoms with van der Waals surface area (Å²) in [6.07, 6.45) is 49.9. The Morgan fingerprint density at radius 1 is 0.308 bits per heavy atom. The van der Waals surface area contributed by atoms with Gasteiger partial charge in [0.25, 0.3) is 0 Å². The third kappa shape index (κ3) is 7.23. The quantitative estimate of drug-likeness (QED) is 0.179. The minimum absolute atomic E-state index is 0.0102. The fourth-order valence-corrected chi connectivity index (χ4v) is 194. The first-order valence-electron chi connectivity index (χ1n) is 34.1. The molecule has 0 amide bonds. The molecule has 8 unspecified atom stereocenters. The van der Waals surface area contributed by atoms with Crippen LogP contribution >= 0.6 is 17.2 Å². The van der Waals surface area contributed by atoms with Crippen LogP contribution < -0.4 is 0 Å².